The molecule has 8 heteroatoms. The number of hydrogen-bond donors (Lipinski definition) is 2. The number of rotatable bonds is 11. The van der Waals surface area contributed by atoms with Crippen LogP contribution in [-0.2, 0) is 11.2 Å². The van der Waals surface area contributed by atoms with E-state index in [0.717, 1.165) is 5.56 Å². The normalized spacial score (nSPS) is 17.6. The van der Waals surface area contributed by atoms with Crippen molar-refractivity contribution in [3.8, 4) is 5.75 Å². The minimum Gasteiger partial charge on any atom is -0.508 e. The van der Waals surface area contributed by atoms with Crippen LogP contribution >= 0.6 is 0 Å². The Balaban J connectivity index is 2.06. The predicted molar refractivity (Wildman–Crippen MR) is 121 cm³/mol. The Morgan fingerprint density at radius 1 is 1.31 bits per heavy atom. The van der Waals surface area contributed by atoms with E-state index in [-0.39, 0.29) is 43.2 Å². The van der Waals surface area contributed by atoms with Crippen LogP contribution in [0, 0.1) is 11.3 Å². The van der Waals surface area contributed by atoms with E-state index < -0.39 is 23.4 Å². The fourth-order valence-corrected chi connectivity index (χ4v) is 3.79. The van der Waals surface area contributed by atoms with Crippen molar-refractivity contribution in [2.75, 3.05) is 20.6 Å². The quantitative estimate of drug-likeness (QED) is 0.487. The van der Waals surface area contributed by atoms with Crippen LogP contribution in [0.15, 0.2) is 53.7 Å². The van der Waals surface area contributed by atoms with Crippen molar-refractivity contribution in [3.63, 3.8) is 0 Å². The third kappa shape index (κ3) is 6.69. The van der Waals surface area contributed by atoms with E-state index >= 15 is 0 Å². The average Bonchev–Trinajstić information content (AvgIpc) is 3.52. The SMILES string of the molecule is C=C(/C=N\C=C/C)[C@H](CC(=O)NC[C@H](Cc1ccc(O)cc1)N(C)C)C1(C(F)(F)F)CC1. The summed E-state index contributed by atoms with van der Waals surface area (Å²) in [6.45, 7) is 5.84. The second kappa shape index (κ2) is 10.8. The van der Waals surface area contributed by atoms with Gasteiger partial charge in [-0.15, -0.1) is 0 Å². The number of hydrogen-bond acceptors (Lipinski definition) is 4. The first-order valence-corrected chi connectivity index (χ1v) is 10.6. The van der Waals surface area contributed by atoms with Gasteiger partial charge < -0.3 is 15.3 Å². The van der Waals surface area contributed by atoms with Gasteiger partial charge in [0.1, 0.15) is 5.75 Å². The predicted octanol–water partition coefficient (Wildman–Crippen LogP) is 4.49. The highest BCUT2D eigenvalue weighted by Gasteiger charge is 2.67. The minimum atomic E-state index is -4.40. The number of carbonyl (C=O) groups is 1. The van der Waals surface area contributed by atoms with Crippen molar-refractivity contribution in [2.24, 2.45) is 16.3 Å². The van der Waals surface area contributed by atoms with Gasteiger partial charge in [0.05, 0.1) is 5.41 Å². The molecule has 0 aliphatic heterocycles. The van der Waals surface area contributed by atoms with Gasteiger partial charge >= 0.3 is 6.18 Å². The lowest BCUT2D eigenvalue weighted by Crippen LogP contribution is -2.43. The van der Waals surface area contributed by atoms with Crippen molar-refractivity contribution in [1.82, 2.24) is 10.2 Å². The van der Waals surface area contributed by atoms with Crippen molar-refractivity contribution in [1.29, 1.82) is 0 Å². The summed E-state index contributed by atoms with van der Waals surface area (Å²) in [5, 5.41) is 12.2. The van der Waals surface area contributed by atoms with E-state index in [1.807, 2.05) is 19.0 Å². The van der Waals surface area contributed by atoms with E-state index in [0.29, 0.717) is 6.42 Å². The average molecular weight is 452 g/mol. The van der Waals surface area contributed by atoms with Crippen LogP contribution in [0.3, 0.4) is 0 Å². The van der Waals surface area contributed by atoms with E-state index in [2.05, 4.69) is 16.9 Å². The van der Waals surface area contributed by atoms with Crippen LogP contribution in [0.25, 0.3) is 0 Å². The molecule has 1 aliphatic carbocycles. The zero-order chi connectivity index (χ0) is 23.9. The summed E-state index contributed by atoms with van der Waals surface area (Å²) in [4.78, 5) is 18.6. The van der Waals surface area contributed by atoms with Crippen LogP contribution in [0.1, 0.15) is 31.7 Å². The van der Waals surface area contributed by atoms with Gasteiger partial charge in [-0.05, 0) is 63.6 Å². The molecule has 0 spiro atoms. The van der Waals surface area contributed by atoms with Crippen LogP contribution in [0.5, 0.6) is 5.75 Å². The largest absolute Gasteiger partial charge is 0.508 e. The highest BCUT2D eigenvalue weighted by atomic mass is 19.4. The molecule has 0 aromatic heterocycles. The molecule has 32 heavy (non-hydrogen) atoms. The summed E-state index contributed by atoms with van der Waals surface area (Å²) in [6.07, 6.45) is 0.361. The summed E-state index contributed by atoms with van der Waals surface area (Å²) < 4.78 is 41.3. The molecule has 1 aromatic rings. The number of benzene rings is 1. The second-order valence-corrected chi connectivity index (χ2v) is 8.54. The lowest BCUT2D eigenvalue weighted by atomic mass is 9.80. The van der Waals surface area contributed by atoms with Crippen LogP contribution in [-0.4, -0.2) is 55.0 Å². The zero-order valence-corrected chi connectivity index (χ0v) is 18.8. The number of allylic oxidation sites excluding steroid dienone is 2. The van der Waals surface area contributed by atoms with Gasteiger partial charge in [-0.2, -0.15) is 13.2 Å². The van der Waals surface area contributed by atoms with Crippen molar-refractivity contribution >= 4 is 12.1 Å². The van der Waals surface area contributed by atoms with Gasteiger partial charge in [0.15, 0.2) is 0 Å². The number of amides is 1. The Hall–Kier alpha value is -2.61. The number of phenolic OH excluding ortho intramolecular Hbond substituents is 1. The maximum Gasteiger partial charge on any atom is 0.395 e. The lowest BCUT2D eigenvalue weighted by Gasteiger charge is -2.30. The van der Waals surface area contributed by atoms with Gasteiger partial charge in [0, 0.05) is 37.3 Å². The third-order valence-electron chi connectivity index (χ3n) is 6.01. The molecule has 1 saturated carbocycles. The molecular formula is C24H32F3N3O2. The molecule has 0 radical (unpaired) electrons. The van der Waals surface area contributed by atoms with E-state index in [1.54, 1.807) is 37.3 Å². The number of aromatic hydroxyl groups is 1. The van der Waals surface area contributed by atoms with Gasteiger partial charge in [0.2, 0.25) is 5.91 Å². The Labute approximate surface area is 187 Å². The van der Waals surface area contributed by atoms with Crippen molar-refractivity contribution < 1.29 is 23.1 Å². The second-order valence-electron chi connectivity index (χ2n) is 8.54. The van der Waals surface area contributed by atoms with Gasteiger partial charge in [-0.3, -0.25) is 9.79 Å². The highest BCUT2D eigenvalue weighted by Crippen LogP contribution is 2.64. The molecule has 0 bridgehead atoms. The lowest BCUT2D eigenvalue weighted by molar-refractivity contribution is -0.199. The summed E-state index contributed by atoms with van der Waals surface area (Å²) >= 11 is 0. The molecule has 1 aliphatic rings. The molecule has 2 rings (SSSR count). The smallest absolute Gasteiger partial charge is 0.395 e. The molecular weight excluding hydrogens is 419 g/mol. The number of nitrogens with zero attached hydrogens (tertiary/aromatic N) is 2. The van der Waals surface area contributed by atoms with Crippen LogP contribution in [0.2, 0.25) is 0 Å². The minimum absolute atomic E-state index is 0.00784. The summed E-state index contributed by atoms with van der Waals surface area (Å²) in [7, 11) is 3.75. The summed E-state index contributed by atoms with van der Waals surface area (Å²) in [5.41, 5.74) is -0.714. The zero-order valence-electron chi connectivity index (χ0n) is 18.8. The van der Waals surface area contributed by atoms with Crippen molar-refractivity contribution in [3.05, 3.63) is 54.3 Å². The Morgan fingerprint density at radius 2 is 1.94 bits per heavy atom. The molecule has 0 heterocycles. The summed E-state index contributed by atoms with van der Waals surface area (Å²) in [6, 6.07) is 6.74. The van der Waals surface area contributed by atoms with Crippen LogP contribution in [0.4, 0.5) is 13.2 Å². The van der Waals surface area contributed by atoms with Crippen LogP contribution < -0.4 is 5.32 Å². The number of nitrogens with one attached hydrogen (secondary N) is 1. The molecule has 2 N–H and O–H groups in total. The first kappa shape index (κ1) is 25.6. The molecule has 2 atom stereocenters. The Bertz CT molecular complexity index is 841. The third-order valence-corrected chi connectivity index (χ3v) is 6.01. The first-order valence-electron chi connectivity index (χ1n) is 10.6. The summed E-state index contributed by atoms with van der Waals surface area (Å²) in [5.74, 6) is -1.32. The first-order chi connectivity index (χ1) is 15.0. The number of likely N-dealkylation sites (N-methyl/N-ethyl adjacent to an activating group) is 1. The van der Waals surface area contributed by atoms with Gasteiger partial charge in [-0.1, -0.05) is 24.8 Å². The molecule has 1 aromatic carbocycles. The number of aliphatic imine (C=N–C) groups is 1. The molecule has 0 unspecified atom stereocenters. The maximum absolute atomic E-state index is 13.8. The van der Waals surface area contributed by atoms with Gasteiger partial charge in [0.25, 0.3) is 0 Å². The molecule has 176 valence electrons. The number of phenols is 1. The fraction of sp³-hybridized carbons (Fsp3) is 0.500. The van der Waals surface area contributed by atoms with Crippen molar-refractivity contribution in [2.45, 2.75) is 44.8 Å². The van der Waals surface area contributed by atoms with E-state index in [1.165, 1.54) is 12.4 Å². The Kier molecular flexibility index (Phi) is 8.66. The number of alkyl halides is 3. The topological polar surface area (TPSA) is 64.9 Å². The van der Waals surface area contributed by atoms with Gasteiger partial charge in [-0.25, -0.2) is 0 Å². The standard InChI is InChI=1S/C24H32F3N3O2/c1-5-12-28-15-17(2)21(23(10-11-23)24(25,26)27)14-22(32)29-16-19(30(3)4)13-18-6-8-20(31)9-7-18/h5-9,12,15,19,21,31H,2,10-11,13-14,16H2,1,3-4H3,(H,29,32)/b12-5-,28-15-/t19-,21-/m0/s1. The van der Waals surface area contributed by atoms with E-state index in [9.17, 15) is 23.1 Å². The highest BCUT2D eigenvalue weighted by molar-refractivity contribution is 5.83. The van der Waals surface area contributed by atoms with E-state index in [4.69, 9.17) is 0 Å². The maximum atomic E-state index is 13.8. The fourth-order valence-electron chi connectivity index (χ4n) is 3.79. The molecule has 1 fully saturated rings. The molecule has 5 nitrogen and oxygen atoms in total. The molecule has 0 saturated heterocycles. The monoisotopic (exact) mass is 451 g/mol. The Morgan fingerprint density at radius 3 is 2.44 bits per heavy atom. The number of carbonyl (C=O) groups excluding carboxylic acids is 1. The number of halogens is 3. The molecule has 1 amide bonds.